The number of nitrogens with one attached hydrogen (secondary N) is 1. The van der Waals surface area contributed by atoms with Gasteiger partial charge in [0, 0.05) is 17.8 Å². The molecule has 0 atom stereocenters. The normalized spacial score (nSPS) is 12.2. The van der Waals surface area contributed by atoms with Crippen molar-refractivity contribution < 1.29 is 0 Å². The summed E-state index contributed by atoms with van der Waals surface area (Å²) in [6.45, 7) is 6.39. The largest absolute Gasteiger partial charge is 0.345 e. The van der Waals surface area contributed by atoms with Crippen LogP contribution in [-0.4, -0.2) is 15.0 Å². The summed E-state index contributed by atoms with van der Waals surface area (Å²) in [5.41, 5.74) is 2.87. The highest BCUT2D eigenvalue weighted by molar-refractivity contribution is 5.69. The Hall–Kier alpha value is -1.38. The van der Waals surface area contributed by atoms with Crippen molar-refractivity contribution in [1.82, 2.24) is 15.0 Å². The average Bonchev–Trinajstić information content (AvgIpc) is 2.47. The van der Waals surface area contributed by atoms with Crippen molar-refractivity contribution in [3.8, 4) is 0 Å². The zero-order chi connectivity index (χ0) is 9.47. The van der Waals surface area contributed by atoms with E-state index in [0.717, 1.165) is 16.9 Å². The summed E-state index contributed by atoms with van der Waals surface area (Å²) >= 11 is 0. The van der Waals surface area contributed by atoms with Crippen LogP contribution in [0.1, 0.15) is 26.5 Å². The van der Waals surface area contributed by atoms with E-state index in [9.17, 15) is 0 Å². The molecule has 0 radical (unpaired) electrons. The molecule has 3 nitrogen and oxygen atoms in total. The van der Waals surface area contributed by atoms with E-state index in [2.05, 4.69) is 35.7 Å². The van der Waals surface area contributed by atoms with Gasteiger partial charge in [0.2, 0.25) is 0 Å². The molecule has 0 aliphatic heterocycles. The molecule has 1 N–H and O–H groups in total. The third-order valence-corrected chi connectivity index (χ3v) is 2.03. The number of hydrogen-bond donors (Lipinski definition) is 1. The Labute approximate surface area is 77.2 Å². The van der Waals surface area contributed by atoms with Crippen LogP contribution in [0.25, 0.3) is 11.2 Å². The third-order valence-electron chi connectivity index (χ3n) is 2.03. The molecule has 0 amide bonds. The number of nitrogens with zero attached hydrogens (tertiary/aromatic N) is 2. The molecular formula is C10H13N3. The van der Waals surface area contributed by atoms with Gasteiger partial charge >= 0.3 is 0 Å². The quantitative estimate of drug-likeness (QED) is 0.667. The third kappa shape index (κ3) is 1.41. The van der Waals surface area contributed by atoms with Crippen LogP contribution in [0.5, 0.6) is 0 Å². The van der Waals surface area contributed by atoms with E-state index in [1.165, 1.54) is 0 Å². The molecule has 2 aromatic heterocycles. The van der Waals surface area contributed by atoms with Gasteiger partial charge in [0.1, 0.15) is 5.52 Å². The zero-order valence-corrected chi connectivity index (χ0v) is 8.13. The standard InChI is InChI=1S/C10H13N3/c1-10(2,3)8-6-12-7-4-5-11-9(7)13-8/h4-6H,1-3H3,(H,11,13). The van der Waals surface area contributed by atoms with Crippen LogP contribution >= 0.6 is 0 Å². The van der Waals surface area contributed by atoms with Gasteiger partial charge in [-0.25, -0.2) is 4.98 Å². The number of H-pyrrole nitrogens is 1. The lowest BCUT2D eigenvalue weighted by molar-refractivity contribution is 0.568. The lowest BCUT2D eigenvalue weighted by Gasteiger charge is -2.16. The molecule has 0 aromatic carbocycles. The monoisotopic (exact) mass is 175 g/mol. The van der Waals surface area contributed by atoms with E-state index >= 15 is 0 Å². The highest BCUT2D eigenvalue weighted by Gasteiger charge is 2.16. The Kier molecular flexibility index (Phi) is 1.62. The summed E-state index contributed by atoms with van der Waals surface area (Å²) in [6, 6.07) is 1.93. The second-order valence-electron chi connectivity index (χ2n) is 4.22. The summed E-state index contributed by atoms with van der Waals surface area (Å²) < 4.78 is 0. The van der Waals surface area contributed by atoms with E-state index in [1.54, 1.807) is 0 Å². The molecule has 0 bridgehead atoms. The van der Waals surface area contributed by atoms with E-state index in [4.69, 9.17) is 0 Å². The first-order valence-corrected chi connectivity index (χ1v) is 4.38. The molecule has 2 heterocycles. The van der Waals surface area contributed by atoms with Gasteiger partial charge in [-0.2, -0.15) is 0 Å². The Balaban J connectivity index is 2.61. The minimum absolute atomic E-state index is 0.0618. The molecule has 0 fully saturated rings. The van der Waals surface area contributed by atoms with Crippen molar-refractivity contribution in [1.29, 1.82) is 0 Å². The molecule has 3 heteroatoms. The number of hydrogen-bond acceptors (Lipinski definition) is 2. The van der Waals surface area contributed by atoms with Gasteiger partial charge < -0.3 is 4.98 Å². The molecule has 0 aliphatic rings. The first-order valence-electron chi connectivity index (χ1n) is 4.38. The second kappa shape index (κ2) is 2.55. The summed E-state index contributed by atoms with van der Waals surface area (Å²) in [7, 11) is 0. The van der Waals surface area contributed by atoms with Gasteiger partial charge in [-0.05, 0) is 6.07 Å². The SMILES string of the molecule is CC(C)(C)c1cnc2cc[nH]c2n1. The number of aromatic amines is 1. The zero-order valence-electron chi connectivity index (χ0n) is 8.13. The summed E-state index contributed by atoms with van der Waals surface area (Å²) in [6.07, 6.45) is 3.70. The summed E-state index contributed by atoms with van der Waals surface area (Å²) in [5, 5.41) is 0. The van der Waals surface area contributed by atoms with Crippen LogP contribution in [0.15, 0.2) is 18.5 Å². The Morgan fingerprint density at radius 1 is 1.31 bits per heavy atom. The van der Waals surface area contributed by atoms with Crippen molar-refractivity contribution in [2.24, 2.45) is 0 Å². The smallest absolute Gasteiger partial charge is 0.156 e. The maximum Gasteiger partial charge on any atom is 0.156 e. The number of aromatic nitrogens is 3. The highest BCUT2D eigenvalue weighted by atomic mass is 14.9. The lowest BCUT2D eigenvalue weighted by Crippen LogP contribution is -2.13. The van der Waals surface area contributed by atoms with Crippen molar-refractivity contribution in [3.63, 3.8) is 0 Å². The van der Waals surface area contributed by atoms with Crippen LogP contribution in [0.2, 0.25) is 0 Å². The minimum Gasteiger partial charge on any atom is -0.345 e. The van der Waals surface area contributed by atoms with E-state index in [-0.39, 0.29) is 5.41 Å². The fourth-order valence-corrected chi connectivity index (χ4v) is 1.19. The van der Waals surface area contributed by atoms with Gasteiger partial charge in [0.25, 0.3) is 0 Å². The first kappa shape index (κ1) is 8.23. The van der Waals surface area contributed by atoms with Crippen LogP contribution in [0.4, 0.5) is 0 Å². The lowest BCUT2D eigenvalue weighted by atomic mass is 9.93. The van der Waals surface area contributed by atoms with E-state index < -0.39 is 0 Å². The van der Waals surface area contributed by atoms with Crippen LogP contribution in [0.3, 0.4) is 0 Å². The fraction of sp³-hybridized carbons (Fsp3) is 0.400. The molecule has 0 spiro atoms. The molecule has 68 valence electrons. The molecule has 0 saturated heterocycles. The molecule has 0 aliphatic carbocycles. The Bertz CT molecular complexity index is 423. The maximum absolute atomic E-state index is 4.49. The fourth-order valence-electron chi connectivity index (χ4n) is 1.19. The summed E-state index contributed by atoms with van der Waals surface area (Å²) in [4.78, 5) is 11.9. The van der Waals surface area contributed by atoms with Crippen molar-refractivity contribution in [2.45, 2.75) is 26.2 Å². The van der Waals surface area contributed by atoms with Crippen molar-refractivity contribution in [2.75, 3.05) is 0 Å². The molecule has 13 heavy (non-hydrogen) atoms. The highest BCUT2D eigenvalue weighted by Crippen LogP contribution is 2.20. The molecular weight excluding hydrogens is 162 g/mol. The van der Waals surface area contributed by atoms with Crippen molar-refractivity contribution in [3.05, 3.63) is 24.2 Å². The Morgan fingerprint density at radius 2 is 2.08 bits per heavy atom. The molecule has 2 rings (SSSR count). The molecule has 0 saturated carbocycles. The number of fused-ring (bicyclic) bond motifs is 1. The van der Waals surface area contributed by atoms with Crippen molar-refractivity contribution >= 4 is 11.2 Å². The Morgan fingerprint density at radius 3 is 2.77 bits per heavy atom. The van der Waals surface area contributed by atoms with Crippen LogP contribution in [-0.2, 0) is 5.41 Å². The number of rotatable bonds is 0. The van der Waals surface area contributed by atoms with Crippen LogP contribution < -0.4 is 0 Å². The van der Waals surface area contributed by atoms with Gasteiger partial charge in [-0.1, -0.05) is 20.8 Å². The van der Waals surface area contributed by atoms with Gasteiger partial charge in [-0.3, -0.25) is 4.98 Å². The van der Waals surface area contributed by atoms with E-state index in [0.29, 0.717) is 0 Å². The topological polar surface area (TPSA) is 41.6 Å². The average molecular weight is 175 g/mol. The predicted molar refractivity (Wildman–Crippen MR) is 52.6 cm³/mol. The first-order chi connectivity index (χ1) is 6.07. The predicted octanol–water partition coefficient (Wildman–Crippen LogP) is 2.26. The van der Waals surface area contributed by atoms with Crippen LogP contribution in [0, 0.1) is 0 Å². The molecule has 2 aromatic rings. The van der Waals surface area contributed by atoms with Gasteiger partial charge in [0.05, 0.1) is 5.69 Å². The summed E-state index contributed by atoms with van der Waals surface area (Å²) in [5.74, 6) is 0. The van der Waals surface area contributed by atoms with Gasteiger partial charge in [0.15, 0.2) is 5.65 Å². The maximum atomic E-state index is 4.49. The molecule has 0 unspecified atom stereocenters. The second-order valence-corrected chi connectivity index (χ2v) is 4.22. The van der Waals surface area contributed by atoms with Gasteiger partial charge in [-0.15, -0.1) is 0 Å². The van der Waals surface area contributed by atoms with E-state index in [1.807, 2.05) is 18.5 Å². The minimum atomic E-state index is 0.0618.